The highest BCUT2D eigenvalue weighted by Gasteiger charge is 2.61. The van der Waals surface area contributed by atoms with Gasteiger partial charge in [0.25, 0.3) is 0 Å². The smallest absolute Gasteiger partial charge is 0.310 e. The number of rotatable bonds is 4. The predicted octanol–water partition coefficient (Wildman–Crippen LogP) is 2.79. The van der Waals surface area contributed by atoms with Crippen molar-refractivity contribution in [3.8, 4) is 0 Å². The second-order valence-electron chi connectivity index (χ2n) is 4.52. The third-order valence-corrected chi connectivity index (χ3v) is 3.01. The van der Waals surface area contributed by atoms with Crippen molar-refractivity contribution in [3.63, 3.8) is 0 Å². The monoisotopic (exact) mass is 196 g/mol. The van der Waals surface area contributed by atoms with Crippen LogP contribution in [0.5, 0.6) is 0 Å². The third-order valence-electron chi connectivity index (χ3n) is 3.01. The van der Waals surface area contributed by atoms with E-state index < -0.39 is 0 Å². The molecule has 0 aromatic carbocycles. The van der Waals surface area contributed by atoms with Gasteiger partial charge in [-0.1, -0.05) is 32.9 Å². The van der Waals surface area contributed by atoms with Crippen LogP contribution in [0.4, 0.5) is 0 Å². The molecule has 1 aliphatic carbocycles. The largest absolute Gasteiger partial charge is 0.465 e. The highest BCUT2D eigenvalue weighted by molar-refractivity contribution is 5.78. The van der Waals surface area contributed by atoms with E-state index in [1.807, 2.05) is 19.9 Å². The summed E-state index contributed by atoms with van der Waals surface area (Å²) in [4.78, 5) is 11.6. The molecule has 1 rings (SSSR count). The molecule has 2 unspecified atom stereocenters. The lowest BCUT2D eigenvalue weighted by Gasteiger charge is -2.03. The van der Waals surface area contributed by atoms with Gasteiger partial charge in [-0.2, -0.15) is 0 Å². The van der Waals surface area contributed by atoms with Gasteiger partial charge >= 0.3 is 5.97 Å². The molecule has 0 amide bonds. The van der Waals surface area contributed by atoms with Crippen LogP contribution in [0.1, 0.15) is 34.1 Å². The predicted molar refractivity (Wildman–Crippen MR) is 56.8 cm³/mol. The van der Waals surface area contributed by atoms with Crippen LogP contribution in [0.3, 0.4) is 0 Å². The second kappa shape index (κ2) is 4.16. The summed E-state index contributed by atoms with van der Waals surface area (Å²) >= 11 is 0. The minimum Gasteiger partial charge on any atom is -0.465 e. The molecule has 0 heterocycles. The van der Waals surface area contributed by atoms with E-state index in [1.165, 1.54) is 0 Å². The first-order valence-electron chi connectivity index (χ1n) is 5.35. The molecule has 2 atom stereocenters. The van der Waals surface area contributed by atoms with Crippen LogP contribution >= 0.6 is 0 Å². The molecule has 0 spiro atoms. The van der Waals surface area contributed by atoms with Crippen LogP contribution < -0.4 is 0 Å². The molecule has 1 fully saturated rings. The summed E-state index contributed by atoms with van der Waals surface area (Å²) in [6, 6.07) is 0. The van der Waals surface area contributed by atoms with Gasteiger partial charge in [-0.15, -0.1) is 0 Å². The van der Waals surface area contributed by atoms with E-state index in [2.05, 4.69) is 19.9 Å². The van der Waals surface area contributed by atoms with Crippen molar-refractivity contribution in [2.45, 2.75) is 34.1 Å². The zero-order chi connectivity index (χ0) is 10.8. The Balaban J connectivity index is 2.50. The Hall–Kier alpha value is -0.790. The van der Waals surface area contributed by atoms with Crippen LogP contribution in [0.25, 0.3) is 0 Å². The van der Waals surface area contributed by atoms with Gasteiger partial charge in [0, 0.05) is 0 Å². The standard InChI is InChI=1S/C12H20O2/c1-5-7-9-10(12(9,3)4)11(13)14-8-6-2/h5,7,9-10H,6,8H2,1-4H3/b7-5-. The normalized spacial score (nSPS) is 29.1. The Labute approximate surface area is 86.3 Å². The number of hydrogen-bond donors (Lipinski definition) is 0. The Morgan fingerprint density at radius 2 is 2.14 bits per heavy atom. The van der Waals surface area contributed by atoms with E-state index in [0.717, 1.165) is 6.42 Å². The molecule has 0 N–H and O–H groups in total. The van der Waals surface area contributed by atoms with Gasteiger partial charge in [-0.25, -0.2) is 0 Å². The zero-order valence-corrected chi connectivity index (χ0v) is 9.54. The van der Waals surface area contributed by atoms with Crippen molar-refractivity contribution in [1.29, 1.82) is 0 Å². The number of carbonyl (C=O) groups is 1. The summed E-state index contributed by atoms with van der Waals surface area (Å²) in [5.74, 6) is 0.419. The number of allylic oxidation sites excluding steroid dienone is 2. The molecule has 0 aromatic rings. The SMILES string of the molecule is C/C=C\C1C(C(=O)OCCC)C1(C)C. The topological polar surface area (TPSA) is 26.3 Å². The van der Waals surface area contributed by atoms with E-state index in [4.69, 9.17) is 4.74 Å². The first kappa shape index (κ1) is 11.3. The van der Waals surface area contributed by atoms with Crippen molar-refractivity contribution in [2.24, 2.45) is 17.3 Å². The lowest BCUT2D eigenvalue weighted by Crippen LogP contribution is -2.11. The molecule has 0 bridgehead atoms. The third kappa shape index (κ3) is 1.99. The molecule has 1 aliphatic rings. The molecule has 80 valence electrons. The molecule has 1 saturated carbocycles. The summed E-state index contributed by atoms with van der Waals surface area (Å²) < 4.78 is 5.15. The quantitative estimate of drug-likeness (QED) is 0.510. The molecule has 0 aliphatic heterocycles. The van der Waals surface area contributed by atoms with Crippen molar-refractivity contribution < 1.29 is 9.53 Å². The maximum atomic E-state index is 11.6. The fraction of sp³-hybridized carbons (Fsp3) is 0.750. The van der Waals surface area contributed by atoms with E-state index in [1.54, 1.807) is 0 Å². The maximum Gasteiger partial charge on any atom is 0.310 e. The molecular formula is C12H20O2. The Bertz CT molecular complexity index is 241. The fourth-order valence-electron chi connectivity index (χ4n) is 1.99. The van der Waals surface area contributed by atoms with Gasteiger partial charge in [0.2, 0.25) is 0 Å². The molecule has 2 heteroatoms. The van der Waals surface area contributed by atoms with Crippen LogP contribution in [0.15, 0.2) is 12.2 Å². The Morgan fingerprint density at radius 1 is 1.50 bits per heavy atom. The van der Waals surface area contributed by atoms with Crippen molar-refractivity contribution >= 4 is 5.97 Å². The first-order chi connectivity index (χ1) is 6.55. The van der Waals surface area contributed by atoms with Gasteiger partial charge < -0.3 is 4.74 Å². The van der Waals surface area contributed by atoms with E-state index in [-0.39, 0.29) is 17.3 Å². The van der Waals surface area contributed by atoms with E-state index >= 15 is 0 Å². The van der Waals surface area contributed by atoms with Crippen LogP contribution in [-0.2, 0) is 9.53 Å². The molecule has 2 nitrogen and oxygen atoms in total. The Kier molecular flexibility index (Phi) is 3.35. The Morgan fingerprint density at radius 3 is 2.64 bits per heavy atom. The lowest BCUT2D eigenvalue weighted by atomic mass is 10.1. The van der Waals surface area contributed by atoms with Crippen LogP contribution in [0, 0.1) is 17.3 Å². The molecular weight excluding hydrogens is 176 g/mol. The summed E-state index contributed by atoms with van der Waals surface area (Å²) in [6.45, 7) is 8.79. The summed E-state index contributed by atoms with van der Waals surface area (Å²) in [7, 11) is 0. The maximum absolute atomic E-state index is 11.6. The zero-order valence-electron chi connectivity index (χ0n) is 9.54. The number of esters is 1. The van der Waals surface area contributed by atoms with Crippen LogP contribution in [-0.4, -0.2) is 12.6 Å². The van der Waals surface area contributed by atoms with Crippen molar-refractivity contribution in [1.82, 2.24) is 0 Å². The van der Waals surface area contributed by atoms with Gasteiger partial charge in [0.1, 0.15) is 0 Å². The van der Waals surface area contributed by atoms with Crippen molar-refractivity contribution in [3.05, 3.63) is 12.2 Å². The summed E-state index contributed by atoms with van der Waals surface area (Å²) in [6.07, 6.45) is 5.02. The highest BCUT2D eigenvalue weighted by Crippen LogP contribution is 2.59. The number of ether oxygens (including phenoxy) is 1. The number of carbonyl (C=O) groups excluding carboxylic acids is 1. The first-order valence-corrected chi connectivity index (χ1v) is 5.35. The van der Waals surface area contributed by atoms with Crippen molar-refractivity contribution in [2.75, 3.05) is 6.61 Å². The van der Waals surface area contributed by atoms with E-state index in [9.17, 15) is 4.79 Å². The molecule has 0 aromatic heterocycles. The molecule has 0 radical (unpaired) electrons. The van der Waals surface area contributed by atoms with Gasteiger partial charge in [-0.3, -0.25) is 4.79 Å². The lowest BCUT2D eigenvalue weighted by molar-refractivity contribution is -0.146. The highest BCUT2D eigenvalue weighted by atomic mass is 16.5. The minimum absolute atomic E-state index is 0.0278. The summed E-state index contributed by atoms with van der Waals surface area (Å²) in [5, 5.41) is 0. The van der Waals surface area contributed by atoms with E-state index in [0.29, 0.717) is 12.5 Å². The van der Waals surface area contributed by atoms with Gasteiger partial charge in [0.05, 0.1) is 12.5 Å². The average Bonchev–Trinajstić information content (AvgIpc) is 2.65. The second-order valence-corrected chi connectivity index (χ2v) is 4.52. The van der Waals surface area contributed by atoms with Crippen LogP contribution in [0.2, 0.25) is 0 Å². The summed E-state index contributed by atoms with van der Waals surface area (Å²) in [5.41, 5.74) is 0.0946. The minimum atomic E-state index is -0.0278. The van der Waals surface area contributed by atoms with Gasteiger partial charge in [-0.05, 0) is 24.7 Å². The van der Waals surface area contributed by atoms with Gasteiger partial charge in [0.15, 0.2) is 0 Å². The molecule has 0 saturated heterocycles. The molecule has 14 heavy (non-hydrogen) atoms. The average molecular weight is 196 g/mol. The number of hydrogen-bond acceptors (Lipinski definition) is 2. The fourth-order valence-corrected chi connectivity index (χ4v) is 1.99.